The Morgan fingerprint density at radius 2 is 2.00 bits per heavy atom. The molecule has 0 bridgehead atoms. The molecule has 0 N–H and O–H groups in total. The van der Waals surface area contributed by atoms with Crippen molar-refractivity contribution in [3.63, 3.8) is 0 Å². The highest BCUT2D eigenvalue weighted by Gasteiger charge is 2.22. The van der Waals surface area contributed by atoms with Crippen LogP contribution in [-0.4, -0.2) is 42.7 Å². The summed E-state index contributed by atoms with van der Waals surface area (Å²) in [5.41, 5.74) is 1.00. The highest BCUT2D eigenvalue weighted by Crippen LogP contribution is 2.25. The Bertz CT molecular complexity index is 402. The molecule has 0 aliphatic carbocycles. The number of carbonyl (C=O) groups excluding carboxylic acids is 1. The van der Waals surface area contributed by atoms with E-state index in [1.807, 2.05) is 19.1 Å². The van der Waals surface area contributed by atoms with E-state index in [1.54, 1.807) is 13.3 Å². The molecule has 0 aliphatic heterocycles. The van der Waals surface area contributed by atoms with Crippen molar-refractivity contribution in [3.8, 4) is 5.88 Å². The van der Waals surface area contributed by atoms with Crippen molar-refractivity contribution in [1.29, 1.82) is 0 Å². The fourth-order valence-electron chi connectivity index (χ4n) is 2.21. The molecular weight excluding hydrogens is 256 g/mol. The van der Waals surface area contributed by atoms with Gasteiger partial charge in [0, 0.05) is 18.3 Å². The maximum atomic E-state index is 11.8. The van der Waals surface area contributed by atoms with Gasteiger partial charge in [-0.3, -0.25) is 9.69 Å². The Morgan fingerprint density at radius 3 is 2.45 bits per heavy atom. The van der Waals surface area contributed by atoms with Gasteiger partial charge < -0.3 is 9.47 Å². The summed E-state index contributed by atoms with van der Waals surface area (Å²) in [6.45, 7) is 8.13. The van der Waals surface area contributed by atoms with Crippen molar-refractivity contribution >= 4 is 5.97 Å². The molecule has 1 rings (SSSR count). The molecule has 1 aromatic rings. The first-order valence-corrected chi connectivity index (χ1v) is 7.05. The summed E-state index contributed by atoms with van der Waals surface area (Å²) in [6, 6.07) is 3.76. The topological polar surface area (TPSA) is 51.7 Å². The molecule has 1 heterocycles. The normalized spacial score (nSPS) is 12.2. The predicted octanol–water partition coefficient (Wildman–Crippen LogP) is 2.43. The summed E-state index contributed by atoms with van der Waals surface area (Å²) in [4.78, 5) is 18.2. The van der Waals surface area contributed by atoms with E-state index in [2.05, 4.69) is 23.7 Å². The van der Waals surface area contributed by atoms with Crippen LogP contribution in [0.25, 0.3) is 0 Å². The zero-order valence-electron chi connectivity index (χ0n) is 12.8. The first-order chi connectivity index (χ1) is 9.65. The molecule has 0 radical (unpaired) electrons. The molecule has 1 atom stereocenters. The lowest BCUT2D eigenvalue weighted by molar-refractivity contribution is -0.144. The van der Waals surface area contributed by atoms with E-state index in [0.29, 0.717) is 18.9 Å². The third-order valence-electron chi connectivity index (χ3n) is 3.27. The molecular formula is C15H24N2O3. The lowest BCUT2D eigenvalue weighted by atomic mass is 10.0. The minimum absolute atomic E-state index is 0.0116. The molecule has 0 amide bonds. The number of aromatic nitrogens is 1. The van der Waals surface area contributed by atoms with Crippen molar-refractivity contribution in [2.75, 3.05) is 26.8 Å². The molecule has 0 aromatic carbocycles. The lowest BCUT2D eigenvalue weighted by Crippen LogP contribution is -2.30. The van der Waals surface area contributed by atoms with Crippen LogP contribution in [0, 0.1) is 0 Å². The van der Waals surface area contributed by atoms with Gasteiger partial charge in [0.2, 0.25) is 5.88 Å². The van der Waals surface area contributed by atoms with Gasteiger partial charge in [-0.1, -0.05) is 19.9 Å². The third kappa shape index (κ3) is 4.49. The van der Waals surface area contributed by atoms with E-state index < -0.39 is 0 Å². The number of hydrogen-bond acceptors (Lipinski definition) is 5. The van der Waals surface area contributed by atoms with Crippen LogP contribution in [0.3, 0.4) is 0 Å². The van der Waals surface area contributed by atoms with Crippen LogP contribution >= 0.6 is 0 Å². The summed E-state index contributed by atoms with van der Waals surface area (Å²) in [7, 11) is 1.59. The number of methoxy groups -OCH3 is 1. The Kier molecular flexibility index (Phi) is 7.01. The minimum Gasteiger partial charge on any atom is -0.481 e. The maximum Gasteiger partial charge on any atom is 0.307 e. The second-order valence-electron chi connectivity index (χ2n) is 4.38. The molecule has 0 saturated heterocycles. The average molecular weight is 280 g/mol. The number of ether oxygens (including phenoxy) is 2. The Hall–Kier alpha value is -1.62. The molecule has 0 saturated carbocycles. The number of nitrogens with zero attached hydrogens (tertiary/aromatic N) is 2. The van der Waals surface area contributed by atoms with Crippen LogP contribution in [0.5, 0.6) is 5.88 Å². The number of pyridine rings is 1. The van der Waals surface area contributed by atoms with Crippen LogP contribution in [-0.2, 0) is 9.53 Å². The fourth-order valence-corrected chi connectivity index (χ4v) is 2.21. The van der Waals surface area contributed by atoms with Gasteiger partial charge in [0.25, 0.3) is 0 Å². The quantitative estimate of drug-likeness (QED) is 0.685. The average Bonchev–Trinajstić information content (AvgIpc) is 2.48. The van der Waals surface area contributed by atoms with Crippen molar-refractivity contribution in [1.82, 2.24) is 9.88 Å². The van der Waals surface area contributed by atoms with E-state index >= 15 is 0 Å². The highest BCUT2D eigenvalue weighted by atomic mass is 16.5. The molecule has 5 nitrogen and oxygen atoms in total. The highest BCUT2D eigenvalue weighted by molar-refractivity contribution is 5.70. The van der Waals surface area contributed by atoms with Crippen molar-refractivity contribution in [2.24, 2.45) is 0 Å². The molecule has 1 unspecified atom stereocenters. The third-order valence-corrected chi connectivity index (χ3v) is 3.27. The van der Waals surface area contributed by atoms with E-state index in [9.17, 15) is 4.79 Å². The first kappa shape index (κ1) is 16.4. The Balaban J connectivity index is 2.92. The van der Waals surface area contributed by atoms with Crippen LogP contribution in [0.4, 0.5) is 0 Å². The minimum atomic E-state index is -0.180. The fraction of sp³-hybridized carbons (Fsp3) is 0.600. The van der Waals surface area contributed by atoms with Crippen LogP contribution in [0.15, 0.2) is 18.3 Å². The molecule has 0 fully saturated rings. The number of hydrogen-bond donors (Lipinski definition) is 0. The van der Waals surface area contributed by atoms with Gasteiger partial charge in [-0.2, -0.15) is 0 Å². The lowest BCUT2D eigenvalue weighted by Gasteiger charge is -2.29. The summed E-state index contributed by atoms with van der Waals surface area (Å²) in [5.74, 6) is 0.392. The number of rotatable bonds is 8. The van der Waals surface area contributed by atoms with E-state index in [1.165, 1.54) is 0 Å². The molecule has 0 spiro atoms. The molecule has 1 aromatic heterocycles. The van der Waals surface area contributed by atoms with Gasteiger partial charge in [-0.15, -0.1) is 0 Å². The van der Waals surface area contributed by atoms with Gasteiger partial charge in [0.05, 0.1) is 20.1 Å². The van der Waals surface area contributed by atoms with Gasteiger partial charge >= 0.3 is 5.97 Å². The van der Waals surface area contributed by atoms with Crippen molar-refractivity contribution < 1.29 is 14.3 Å². The molecule has 20 heavy (non-hydrogen) atoms. The maximum absolute atomic E-state index is 11.8. The zero-order valence-corrected chi connectivity index (χ0v) is 12.8. The number of carbonyl (C=O) groups is 1. The second kappa shape index (κ2) is 8.53. The summed E-state index contributed by atoms with van der Waals surface area (Å²) in [5, 5.41) is 0. The van der Waals surface area contributed by atoms with E-state index in [-0.39, 0.29) is 12.0 Å². The zero-order chi connectivity index (χ0) is 15.0. The van der Waals surface area contributed by atoms with E-state index in [0.717, 1.165) is 18.7 Å². The van der Waals surface area contributed by atoms with Gasteiger partial charge in [0.1, 0.15) is 0 Å². The summed E-state index contributed by atoms with van der Waals surface area (Å²) in [6.07, 6.45) is 2.10. The molecule has 0 aliphatic rings. The number of esters is 1. The summed E-state index contributed by atoms with van der Waals surface area (Å²) >= 11 is 0. The smallest absolute Gasteiger partial charge is 0.307 e. The summed E-state index contributed by atoms with van der Waals surface area (Å²) < 4.78 is 10.1. The second-order valence-corrected chi connectivity index (χ2v) is 4.38. The predicted molar refractivity (Wildman–Crippen MR) is 77.7 cm³/mol. The standard InChI is InChI=1S/C15H24N2O3/c1-5-17(6-2)13(10-15(18)20-7-3)12-8-9-14(19-4)16-11-12/h8-9,11,13H,5-7,10H2,1-4H3. The first-order valence-electron chi connectivity index (χ1n) is 7.05. The van der Waals surface area contributed by atoms with Crippen LogP contribution < -0.4 is 4.74 Å². The van der Waals surface area contributed by atoms with Gasteiger partial charge in [0.15, 0.2) is 0 Å². The Labute approximate surface area is 120 Å². The van der Waals surface area contributed by atoms with Crippen molar-refractivity contribution in [2.45, 2.75) is 33.2 Å². The van der Waals surface area contributed by atoms with Gasteiger partial charge in [-0.05, 0) is 25.6 Å². The largest absolute Gasteiger partial charge is 0.481 e. The molecule has 5 heteroatoms. The Morgan fingerprint density at radius 1 is 1.30 bits per heavy atom. The monoisotopic (exact) mass is 280 g/mol. The van der Waals surface area contributed by atoms with Gasteiger partial charge in [-0.25, -0.2) is 4.98 Å². The van der Waals surface area contributed by atoms with Crippen LogP contribution in [0.1, 0.15) is 38.8 Å². The van der Waals surface area contributed by atoms with E-state index in [4.69, 9.17) is 9.47 Å². The SMILES string of the molecule is CCOC(=O)CC(c1ccc(OC)nc1)N(CC)CC. The molecule has 112 valence electrons. The van der Waals surface area contributed by atoms with Crippen LogP contribution in [0.2, 0.25) is 0 Å². The van der Waals surface area contributed by atoms with Crippen molar-refractivity contribution in [3.05, 3.63) is 23.9 Å².